The zero-order chi connectivity index (χ0) is 25.5. The van der Waals surface area contributed by atoms with E-state index in [1.807, 2.05) is 62.4 Å². The van der Waals surface area contributed by atoms with Gasteiger partial charge >= 0.3 is 0 Å². The molecule has 3 aromatic carbocycles. The van der Waals surface area contributed by atoms with Crippen molar-refractivity contribution in [3.63, 3.8) is 0 Å². The van der Waals surface area contributed by atoms with Crippen LogP contribution < -0.4 is 10.1 Å². The molecule has 0 aliphatic carbocycles. The number of ether oxygens (including phenoxy) is 1. The number of hydrogen-bond donors (Lipinski definition) is 1. The van der Waals surface area contributed by atoms with Crippen LogP contribution in [0.4, 0.5) is 0 Å². The van der Waals surface area contributed by atoms with Crippen LogP contribution in [0.1, 0.15) is 41.8 Å². The van der Waals surface area contributed by atoms with Crippen molar-refractivity contribution in [2.24, 2.45) is 0 Å². The quantitative estimate of drug-likeness (QED) is 0.217. The summed E-state index contributed by atoms with van der Waals surface area (Å²) in [6.07, 6.45) is 3.72. The number of unbranched alkanes of at least 4 members (excludes halogenated alkanes) is 2. The van der Waals surface area contributed by atoms with Gasteiger partial charge in [0.15, 0.2) is 6.61 Å². The second-order valence-corrected chi connectivity index (χ2v) is 9.90. The van der Waals surface area contributed by atoms with Crippen molar-refractivity contribution in [2.75, 3.05) is 13.2 Å². The van der Waals surface area contributed by atoms with Crippen LogP contribution in [0.2, 0.25) is 10.0 Å². The van der Waals surface area contributed by atoms with Gasteiger partial charge in [0.25, 0.3) is 5.91 Å². The number of para-hydroxylation sites is 2. The lowest BCUT2D eigenvalue weighted by molar-refractivity contribution is -0.123. The van der Waals surface area contributed by atoms with Crippen molar-refractivity contribution < 1.29 is 9.53 Å². The molecule has 0 aliphatic heterocycles. The number of rotatable bonds is 11. The number of fused-ring (bicyclic) bond motifs is 1. The van der Waals surface area contributed by atoms with Crippen LogP contribution >= 0.6 is 23.2 Å². The number of halogens is 2. The maximum absolute atomic E-state index is 12.2. The van der Waals surface area contributed by atoms with E-state index >= 15 is 0 Å². The number of nitrogens with one attached hydrogen (secondary N) is 1. The SMILES string of the molecule is Cc1ccc(C)c(OCC(=O)NCCCCCc2nc3ccccc3n2Cc2ccc(Cl)cc2Cl)c1. The second-order valence-electron chi connectivity index (χ2n) is 9.06. The van der Waals surface area contributed by atoms with Crippen LogP contribution in [-0.4, -0.2) is 28.6 Å². The lowest BCUT2D eigenvalue weighted by Gasteiger charge is -2.12. The maximum atomic E-state index is 12.2. The molecule has 0 saturated heterocycles. The number of aromatic nitrogens is 2. The van der Waals surface area contributed by atoms with E-state index in [0.29, 0.717) is 23.1 Å². The summed E-state index contributed by atoms with van der Waals surface area (Å²) >= 11 is 12.5. The average molecular weight is 524 g/mol. The standard InChI is InChI=1S/C29H31Cl2N3O2/c1-20-11-12-21(2)27(16-20)36-19-29(35)32-15-7-3-4-10-28-33-25-8-5-6-9-26(25)34(28)18-22-13-14-23(30)17-24(22)31/h5-6,8-9,11-14,16-17H,3-4,7,10,15,18-19H2,1-2H3,(H,32,35). The Hall–Kier alpha value is -3.02. The maximum Gasteiger partial charge on any atom is 0.257 e. The van der Waals surface area contributed by atoms with Gasteiger partial charge in [0.1, 0.15) is 11.6 Å². The Morgan fingerprint density at radius 2 is 1.83 bits per heavy atom. The first kappa shape index (κ1) is 26.1. The molecule has 4 rings (SSSR count). The normalized spacial score (nSPS) is 11.1. The predicted octanol–water partition coefficient (Wildman–Crippen LogP) is 6.92. The summed E-state index contributed by atoms with van der Waals surface area (Å²) in [5, 5.41) is 4.24. The molecule has 1 heterocycles. The molecular weight excluding hydrogens is 493 g/mol. The minimum atomic E-state index is -0.0995. The Bertz CT molecular complexity index is 1350. The highest BCUT2D eigenvalue weighted by molar-refractivity contribution is 6.35. The minimum absolute atomic E-state index is 0.0293. The average Bonchev–Trinajstić information content (AvgIpc) is 3.20. The highest BCUT2D eigenvalue weighted by atomic mass is 35.5. The first-order valence-electron chi connectivity index (χ1n) is 12.3. The fraction of sp³-hybridized carbons (Fsp3) is 0.310. The van der Waals surface area contributed by atoms with E-state index < -0.39 is 0 Å². The molecule has 0 fully saturated rings. The number of nitrogens with zero attached hydrogens (tertiary/aromatic N) is 2. The lowest BCUT2D eigenvalue weighted by atomic mass is 10.1. The molecule has 4 aromatic rings. The molecule has 1 amide bonds. The van der Waals surface area contributed by atoms with Gasteiger partial charge in [-0.2, -0.15) is 0 Å². The first-order chi connectivity index (χ1) is 17.4. The molecule has 1 aromatic heterocycles. The van der Waals surface area contributed by atoms with E-state index in [1.54, 1.807) is 6.07 Å². The summed E-state index contributed by atoms with van der Waals surface area (Å²) in [7, 11) is 0. The molecule has 0 spiro atoms. The molecule has 0 aliphatic rings. The van der Waals surface area contributed by atoms with Gasteiger partial charge in [0, 0.05) is 23.0 Å². The van der Waals surface area contributed by atoms with Crippen molar-refractivity contribution in [1.29, 1.82) is 0 Å². The molecule has 0 radical (unpaired) electrons. The molecule has 36 heavy (non-hydrogen) atoms. The first-order valence-corrected chi connectivity index (χ1v) is 13.0. The highest BCUT2D eigenvalue weighted by Gasteiger charge is 2.13. The Morgan fingerprint density at radius 1 is 1.00 bits per heavy atom. The van der Waals surface area contributed by atoms with Crippen LogP contribution in [0.15, 0.2) is 60.7 Å². The molecule has 188 valence electrons. The number of amides is 1. The predicted molar refractivity (Wildman–Crippen MR) is 147 cm³/mol. The second kappa shape index (κ2) is 12.3. The summed E-state index contributed by atoms with van der Waals surface area (Å²) < 4.78 is 7.91. The van der Waals surface area contributed by atoms with Gasteiger partial charge in [-0.1, -0.05) is 60.0 Å². The fourth-order valence-corrected chi connectivity index (χ4v) is 4.65. The lowest BCUT2D eigenvalue weighted by Crippen LogP contribution is -2.29. The Morgan fingerprint density at radius 3 is 2.67 bits per heavy atom. The molecule has 0 saturated carbocycles. The van der Waals surface area contributed by atoms with E-state index in [4.69, 9.17) is 32.9 Å². The minimum Gasteiger partial charge on any atom is -0.483 e. The van der Waals surface area contributed by atoms with Crippen LogP contribution in [0.3, 0.4) is 0 Å². The summed E-state index contributed by atoms with van der Waals surface area (Å²) in [6.45, 7) is 5.29. The summed E-state index contributed by atoms with van der Waals surface area (Å²) in [4.78, 5) is 17.0. The number of hydrogen-bond acceptors (Lipinski definition) is 3. The van der Waals surface area contributed by atoms with Crippen molar-refractivity contribution >= 4 is 40.1 Å². The van der Waals surface area contributed by atoms with Crippen LogP contribution in [0.5, 0.6) is 5.75 Å². The van der Waals surface area contributed by atoms with Gasteiger partial charge in [-0.05, 0) is 73.7 Å². The Kier molecular flexibility index (Phi) is 8.89. The highest BCUT2D eigenvalue weighted by Crippen LogP contribution is 2.25. The number of carbonyl (C=O) groups excluding carboxylic acids is 1. The summed E-state index contributed by atoms with van der Waals surface area (Å²) in [6, 6.07) is 19.8. The third kappa shape index (κ3) is 6.80. The van der Waals surface area contributed by atoms with Crippen LogP contribution in [-0.2, 0) is 17.8 Å². The van der Waals surface area contributed by atoms with Crippen molar-refractivity contribution in [1.82, 2.24) is 14.9 Å². The number of imidazole rings is 1. The molecule has 5 nitrogen and oxygen atoms in total. The smallest absolute Gasteiger partial charge is 0.257 e. The van der Waals surface area contributed by atoms with Crippen molar-refractivity contribution in [3.05, 3.63) is 93.2 Å². The number of carbonyl (C=O) groups is 1. The van der Waals surface area contributed by atoms with Crippen molar-refractivity contribution in [2.45, 2.75) is 46.1 Å². The molecule has 0 unspecified atom stereocenters. The molecule has 1 N–H and O–H groups in total. The number of aryl methyl sites for hydroxylation is 3. The largest absolute Gasteiger partial charge is 0.483 e. The van der Waals surface area contributed by atoms with E-state index in [-0.39, 0.29) is 12.5 Å². The van der Waals surface area contributed by atoms with Gasteiger partial charge in [0.05, 0.1) is 17.6 Å². The number of benzene rings is 3. The monoisotopic (exact) mass is 523 g/mol. The zero-order valence-corrected chi connectivity index (χ0v) is 22.2. The van der Waals surface area contributed by atoms with Crippen molar-refractivity contribution in [3.8, 4) is 5.75 Å². The fourth-order valence-electron chi connectivity index (χ4n) is 4.18. The van der Waals surface area contributed by atoms with Crippen LogP contribution in [0, 0.1) is 13.8 Å². The molecule has 7 heteroatoms. The molecule has 0 atom stereocenters. The van der Waals surface area contributed by atoms with Gasteiger partial charge in [0.2, 0.25) is 0 Å². The molecular formula is C29H31Cl2N3O2. The van der Waals surface area contributed by atoms with Gasteiger partial charge in [-0.25, -0.2) is 4.98 Å². The van der Waals surface area contributed by atoms with Gasteiger partial charge < -0.3 is 14.6 Å². The summed E-state index contributed by atoms with van der Waals surface area (Å²) in [5.41, 5.74) is 5.22. The van der Waals surface area contributed by atoms with E-state index in [2.05, 4.69) is 16.0 Å². The molecule has 0 bridgehead atoms. The van der Waals surface area contributed by atoms with Gasteiger partial charge in [-0.3, -0.25) is 4.79 Å². The van der Waals surface area contributed by atoms with E-state index in [9.17, 15) is 4.79 Å². The summed E-state index contributed by atoms with van der Waals surface area (Å²) in [5.74, 6) is 1.69. The third-order valence-electron chi connectivity index (χ3n) is 6.18. The Balaban J connectivity index is 1.26. The Labute approximate surface area is 222 Å². The zero-order valence-electron chi connectivity index (χ0n) is 20.7. The van der Waals surface area contributed by atoms with Gasteiger partial charge in [-0.15, -0.1) is 0 Å². The third-order valence-corrected chi connectivity index (χ3v) is 6.77. The van der Waals surface area contributed by atoms with Crippen LogP contribution in [0.25, 0.3) is 11.0 Å². The van der Waals surface area contributed by atoms with E-state index in [1.165, 1.54) is 0 Å². The van der Waals surface area contributed by atoms with E-state index in [0.717, 1.165) is 65.0 Å². The topological polar surface area (TPSA) is 56.1 Å².